The molecule has 2 aromatic rings. The molecule has 7 nitrogen and oxygen atoms in total. The van der Waals surface area contributed by atoms with Crippen molar-refractivity contribution in [3.8, 4) is 5.75 Å². The molecule has 150 valence electrons. The average Bonchev–Trinajstić information content (AvgIpc) is 3.08. The topological polar surface area (TPSA) is 92.0 Å². The van der Waals surface area contributed by atoms with Crippen molar-refractivity contribution in [3.63, 3.8) is 0 Å². The van der Waals surface area contributed by atoms with Crippen LogP contribution < -0.4 is 4.74 Å². The molecule has 0 aromatic heterocycles. The van der Waals surface area contributed by atoms with Gasteiger partial charge < -0.3 is 9.57 Å². The van der Waals surface area contributed by atoms with Crippen molar-refractivity contribution in [2.24, 2.45) is 4.99 Å². The van der Waals surface area contributed by atoms with E-state index in [4.69, 9.17) is 26.6 Å². The maximum atomic E-state index is 12.3. The monoisotopic (exact) mass is 421 g/mol. The molecule has 1 N–H and O–H groups in total. The normalized spacial score (nSPS) is 16.8. The van der Waals surface area contributed by atoms with Gasteiger partial charge in [-0.2, -0.15) is 4.99 Å². The zero-order valence-electron chi connectivity index (χ0n) is 16.1. The number of carbonyl (C=O) groups excluding carboxylic acids is 2. The number of nitrogens with one attached hydrogen (secondary N) is 1. The Hall–Kier alpha value is -3.71. The summed E-state index contributed by atoms with van der Waals surface area (Å²) in [5.74, 6) is -0.192. The van der Waals surface area contributed by atoms with Crippen LogP contribution in [0.25, 0.3) is 6.08 Å². The zero-order valence-corrected chi connectivity index (χ0v) is 16.9. The number of benzene rings is 2. The van der Waals surface area contributed by atoms with Crippen LogP contribution in [0.4, 0.5) is 0 Å². The van der Waals surface area contributed by atoms with Gasteiger partial charge in [0, 0.05) is 6.08 Å². The average molecular weight is 422 g/mol. The minimum Gasteiger partial charge on any atom is -0.421 e. The summed E-state index contributed by atoms with van der Waals surface area (Å²) >= 11 is 6.27. The van der Waals surface area contributed by atoms with Crippen molar-refractivity contribution in [2.45, 2.75) is 13.8 Å². The number of amides is 1. The maximum Gasteiger partial charge on any atom is 0.343 e. The highest BCUT2D eigenvalue weighted by Crippen LogP contribution is 2.29. The number of hydrogen-bond donors (Lipinski definition) is 1. The van der Waals surface area contributed by atoms with Gasteiger partial charge in [0.25, 0.3) is 5.91 Å². The summed E-state index contributed by atoms with van der Waals surface area (Å²) in [6.45, 7) is 3.63. The van der Waals surface area contributed by atoms with Crippen LogP contribution in [-0.2, 0) is 9.63 Å². The molecule has 0 saturated heterocycles. The number of aryl methyl sites for hydroxylation is 1. The second kappa shape index (κ2) is 7.61. The summed E-state index contributed by atoms with van der Waals surface area (Å²) in [7, 11) is 0. The number of carbonyl (C=O) groups is 2. The molecule has 0 bridgehead atoms. The number of allylic oxidation sites excluding steroid dienone is 1. The third kappa shape index (κ3) is 3.75. The number of rotatable bonds is 3. The number of ether oxygens (including phenoxy) is 1. The van der Waals surface area contributed by atoms with Crippen LogP contribution in [0.2, 0.25) is 5.02 Å². The second-order valence-corrected chi connectivity index (χ2v) is 7.18. The third-order valence-electron chi connectivity index (χ3n) is 4.44. The number of fused-ring (bicyclic) bond motifs is 1. The molecule has 2 aliphatic rings. The number of hydroxylamine groups is 2. The van der Waals surface area contributed by atoms with Crippen LogP contribution in [0.15, 0.2) is 64.9 Å². The van der Waals surface area contributed by atoms with Crippen molar-refractivity contribution in [3.05, 3.63) is 81.6 Å². The summed E-state index contributed by atoms with van der Waals surface area (Å²) in [4.78, 5) is 33.9. The Kier molecular flexibility index (Phi) is 4.97. The van der Waals surface area contributed by atoms with E-state index in [1.807, 2.05) is 19.1 Å². The van der Waals surface area contributed by atoms with Crippen LogP contribution in [0, 0.1) is 12.3 Å². The molecule has 0 saturated carbocycles. The molecule has 2 heterocycles. The summed E-state index contributed by atoms with van der Waals surface area (Å²) < 4.78 is 5.37. The molecule has 0 unspecified atom stereocenters. The first-order valence-electron chi connectivity index (χ1n) is 9.00. The first-order valence-corrected chi connectivity index (χ1v) is 9.38. The van der Waals surface area contributed by atoms with Gasteiger partial charge in [-0.25, -0.2) is 4.79 Å². The van der Waals surface area contributed by atoms with E-state index in [2.05, 4.69) is 4.99 Å². The molecular formula is C22H16ClN3O4. The first kappa shape index (κ1) is 19.6. The van der Waals surface area contributed by atoms with Crippen molar-refractivity contribution in [2.75, 3.05) is 0 Å². The predicted molar refractivity (Wildman–Crippen MR) is 112 cm³/mol. The number of amidine groups is 2. The van der Waals surface area contributed by atoms with Gasteiger partial charge in [0.05, 0.1) is 16.2 Å². The Bertz CT molecular complexity index is 1180. The largest absolute Gasteiger partial charge is 0.421 e. The van der Waals surface area contributed by atoms with Gasteiger partial charge in [-0.15, -0.1) is 5.06 Å². The highest BCUT2D eigenvalue weighted by molar-refractivity contribution is 6.33. The summed E-state index contributed by atoms with van der Waals surface area (Å²) in [6, 6.07) is 11.7. The van der Waals surface area contributed by atoms with Gasteiger partial charge in [-0.1, -0.05) is 35.4 Å². The lowest BCUT2D eigenvalue weighted by Crippen LogP contribution is -2.38. The van der Waals surface area contributed by atoms with Crippen LogP contribution in [0.3, 0.4) is 0 Å². The molecule has 2 aromatic carbocycles. The second-order valence-electron chi connectivity index (χ2n) is 6.77. The van der Waals surface area contributed by atoms with Crippen molar-refractivity contribution >= 4 is 41.2 Å². The van der Waals surface area contributed by atoms with E-state index in [0.717, 1.165) is 5.56 Å². The summed E-state index contributed by atoms with van der Waals surface area (Å²) in [5.41, 5.74) is 2.05. The van der Waals surface area contributed by atoms with Gasteiger partial charge in [-0.05, 0) is 49.8 Å². The fraction of sp³-hybridized carbons (Fsp3) is 0.0909. The van der Waals surface area contributed by atoms with Crippen LogP contribution >= 0.6 is 11.6 Å². The van der Waals surface area contributed by atoms with E-state index in [0.29, 0.717) is 16.9 Å². The van der Waals surface area contributed by atoms with E-state index in [-0.39, 0.29) is 28.0 Å². The number of aliphatic imine (C=N–C) groups is 1. The number of nitrogens with zero attached hydrogens (tertiary/aromatic N) is 2. The molecule has 4 rings (SSSR count). The number of hydrogen-bond acceptors (Lipinski definition) is 5. The molecule has 0 radical (unpaired) electrons. The molecular weight excluding hydrogens is 406 g/mol. The Morgan fingerprint density at radius 2 is 1.93 bits per heavy atom. The molecule has 30 heavy (non-hydrogen) atoms. The Labute approximate surface area is 177 Å². The molecule has 1 amide bonds. The van der Waals surface area contributed by atoms with Crippen molar-refractivity contribution in [1.82, 2.24) is 5.06 Å². The van der Waals surface area contributed by atoms with Gasteiger partial charge in [0.2, 0.25) is 0 Å². The Morgan fingerprint density at radius 3 is 2.63 bits per heavy atom. The van der Waals surface area contributed by atoms with Crippen LogP contribution in [0.1, 0.15) is 28.4 Å². The Morgan fingerprint density at radius 1 is 1.20 bits per heavy atom. The molecule has 0 aliphatic carbocycles. The molecule has 2 aliphatic heterocycles. The van der Waals surface area contributed by atoms with Gasteiger partial charge in [0.1, 0.15) is 11.5 Å². The molecule has 0 atom stereocenters. The molecule has 0 spiro atoms. The lowest BCUT2D eigenvalue weighted by Gasteiger charge is -2.23. The van der Waals surface area contributed by atoms with E-state index in [9.17, 15) is 9.59 Å². The third-order valence-corrected chi connectivity index (χ3v) is 4.73. The van der Waals surface area contributed by atoms with Crippen molar-refractivity contribution in [1.29, 1.82) is 5.41 Å². The van der Waals surface area contributed by atoms with Gasteiger partial charge >= 0.3 is 5.97 Å². The minimum absolute atomic E-state index is 0.0577. The number of esters is 1. The number of halogens is 1. The predicted octanol–water partition coefficient (Wildman–Crippen LogP) is 4.32. The van der Waals surface area contributed by atoms with E-state index < -0.39 is 11.9 Å². The first-order chi connectivity index (χ1) is 14.3. The van der Waals surface area contributed by atoms with Crippen LogP contribution in [-0.4, -0.2) is 28.6 Å². The van der Waals surface area contributed by atoms with Gasteiger partial charge in [0.15, 0.2) is 11.7 Å². The Balaban J connectivity index is 1.55. The lowest BCUT2D eigenvalue weighted by molar-refractivity contribution is -0.114. The van der Waals surface area contributed by atoms with Gasteiger partial charge in [-0.3, -0.25) is 10.2 Å². The summed E-state index contributed by atoms with van der Waals surface area (Å²) in [5, 5.41) is 9.61. The highest BCUT2D eigenvalue weighted by Gasteiger charge is 2.34. The molecule has 0 fully saturated rings. The molecule has 8 heteroatoms. The quantitative estimate of drug-likeness (QED) is 0.452. The minimum atomic E-state index is -0.549. The van der Waals surface area contributed by atoms with Crippen molar-refractivity contribution < 1.29 is 19.2 Å². The SMILES string of the molecule is CC1=CC2=NC(=O)/C(=C\c3ccc(OC(=O)c4ccc(C)cc4)c(Cl)c3)C(=N)N2O1. The van der Waals surface area contributed by atoms with E-state index in [1.54, 1.807) is 37.3 Å². The summed E-state index contributed by atoms with van der Waals surface area (Å²) in [6.07, 6.45) is 3.07. The fourth-order valence-electron chi connectivity index (χ4n) is 2.91. The standard InChI is InChI=1S/C22H16ClN3O4/c1-12-3-6-15(7-4-12)22(28)29-18-8-5-14(11-17(18)23)10-16-20(24)26-19(25-21(16)27)9-13(2)30-26/h3-11,24H,1-2H3/b16-10-,24-20?. The lowest BCUT2D eigenvalue weighted by atomic mass is 10.1. The van der Waals surface area contributed by atoms with E-state index in [1.165, 1.54) is 17.2 Å². The van der Waals surface area contributed by atoms with E-state index >= 15 is 0 Å². The smallest absolute Gasteiger partial charge is 0.343 e. The zero-order chi connectivity index (χ0) is 21.4. The fourth-order valence-corrected chi connectivity index (χ4v) is 3.13. The maximum absolute atomic E-state index is 12.3. The highest BCUT2D eigenvalue weighted by atomic mass is 35.5. The van der Waals surface area contributed by atoms with Crippen LogP contribution in [0.5, 0.6) is 5.75 Å².